The van der Waals surface area contributed by atoms with Gasteiger partial charge in [-0.05, 0) is 141 Å². The molecule has 9 heteroatoms. The third-order valence-electron chi connectivity index (χ3n) is 12.3. The first-order valence-electron chi connectivity index (χ1n) is 31.6. The molecule has 0 fully saturated rings. The van der Waals surface area contributed by atoms with Gasteiger partial charge in [0.15, 0.2) is 6.10 Å². The number of aliphatic carboxylic acids is 1. The van der Waals surface area contributed by atoms with Gasteiger partial charge in [0.05, 0.1) is 34.4 Å². The summed E-state index contributed by atoms with van der Waals surface area (Å²) in [6, 6.07) is 0. The van der Waals surface area contributed by atoms with Gasteiger partial charge in [-0.2, -0.15) is 0 Å². The van der Waals surface area contributed by atoms with E-state index in [-0.39, 0.29) is 38.6 Å². The lowest BCUT2D eigenvalue weighted by molar-refractivity contribution is -0.870. The van der Waals surface area contributed by atoms with Crippen LogP contribution in [-0.4, -0.2) is 87.4 Å². The molecule has 0 aromatic heterocycles. The average Bonchev–Trinajstić information content (AvgIpc) is 3.46. The number of rotatable bonds is 55. The molecule has 0 aliphatic heterocycles. The SMILES string of the molecule is CC/C=C\C/C=C\C/C=C\C/C=C\C/C=C\C/C=C\C/C=C\C/C=C\C/C=C\C/C=C\C/C=C\C/C=C\CCCCC(=O)OC(COC(=O)CCCCCCCC/C=C\C/C=C\C/C=C\C/C=C\CC)COC(OCC[N+](C)(C)C)C(=O)O. The van der Waals surface area contributed by atoms with E-state index in [1.54, 1.807) is 0 Å². The molecule has 0 aliphatic rings. The Morgan fingerprint density at radius 3 is 0.988 bits per heavy atom. The fourth-order valence-electron chi connectivity index (χ4n) is 7.57. The van der Waals surface area contributed by atoms with Crippen LogP contribution < -0.4 is 0 Å². The van der Waals surface area contributed by atoms with Gasteiger partial charge in [0.25, 0.3) is 6.29 Å². The first-order chi connectivity index (χ1) is 40.6. The van der Waals surface area contributed by atoms with E-state index in [0.717, 1.165) is 154 Å². The standard InChI is InChI=1S/C74H113NO8/c1-6-8-10-12-14-16-18-20-22-24-26-27-28-29-30-31-32-33-34-35-36-37-38-39-40-41-42-43-44-45-47-49-51-53-55-57-59-61-63-65-72(77)83-70(69-82-74(73(78)79)80-67-66-75(3,4)5)68-81-71(76)64-62-60-58-56-54-52-50-48-46-25-23-21-19-17-15-13-11-9-7-2/h8-11,14-17,20-23,26-27,29-30,32-33,35-36,38-39,41-42,44-46,48-49,51,55,57,70,74H,6-7,12-13,18-19,24-25,28,31,34,37,40,43,47,50,52-54,56,58-69H2,1-5H3/p+1/b10-8-,11-9-,16-14-,17-15-,22-20-,23-21-,27-26-,30-29-,33-32-,36-35-,39-38-,42-41-,45-44-,48-46-,51-49-,57-55-. The van der Waals surface area contributed by atoms with Crippen molar-refractivity contribution in [3.05, 3.63) is 194 Å². The van der Waals surface area contributed by atoms with Crippen LogP contribution in [0.2, 0.25) is 0 Å². The van der Waals surface area contributed by atoms with Crippen molar-refractivity contribution < 1.29 is 42.9 Å². The highest BCUT2D eigenvalue weighted by Gasteiger charge is 2.25. The normalized spacial score (nSPS) is 14.1. The molecule has 1 N–H and O–H groups in total. The first kappa shape index (κ1) is 77.1. The number of allylic oxidation sites excluding steroid dienone is 32. The molecule has 2 atom stereocenters. The van der Waals surface area contributed by atoms with Gasteiger partial charge < -0.3 is 28.5 Å². The van der Waals surface area contributed by atoms with Gasteiger partial charge in [-0.3, -0.25) is 9.59 Å². The largest absolute Gasteiger partial charge is 0.477 e. The number of ether oxygens (including phenoxy) is 4. The molecule has 0 saturated carbocycles. The maximum atomic E-state index is 12.9. The molecule has 2 unspecified atom stereocenters. The average molecular weight is 1150 g/mol. The number of carbonyl (C=O) groups is 3. The summed E-state index contributed by atoms with van der Waals surface area (Å²) in [5.41, 5.74) is 0. The Hall–Kier alpha value is -5.87. The highest BCUT2D eigenvalue weighted by molar-refractivity contribution is 5.71. The smallest absolute Gasteiger partial charge is 0.361 e. The number of carboxylic acid groups (broad SMARTS) is 1. The molecule has 0 aromatic carbocycles. The van der Waals surface area contributed by atoms with Crippen LogP contribution in [0.1, 0.15) is 194 Å². The Labute approximate surface area is 506 Å². The summed E-state index contributed by atoms with van der Waals surface area (Å²) >= 11 is 0. The summed E-state index contributed by atoms with van der Waals surface area (Å²) in [6.45, 7) is 4.54. The van der Waals surface area contributed by atoms with Crippen molar-refractivity contribution in [2.24, 2.45) is 0 Å². The van der Waals surface area contributed by atoms with E-state index >= 15 is 0 Å². The van der Waals surface area contributed by atoms with Gasteiger partial charge in [-0.25, -0.2) is 4.79 Å². The summed E-state index contributed by atoms with van der Waals surface area (Å²) in [5.74, 6) is -2.11. The molecule has 9 nitrogen and oxygen atoms in total. The zero-order valence-corrected chi connectivity index (χ0v) is 52.5. The highest BCUT2D eigenvalue weighted by Crippen LogP contribution is 2.12. The second-order valence-electron chi connectivity index (χ2n) is 21.2. The molecular formula is C74H114NO8+. The van der Waals surface area contributed by atoms with E-state index < -0.39 is 24.3 Å². The molecule has 0 saturated heterocycles. The number of likely N-dealkylation sites (N-methyl/N-ethyl adjacent to an activating group) is 1. The fourth-order valence-corrected chi connectivity index (χ4v) is 7.57. The first-order valence-corrected chi connectivity index (χ1v) is 31.6. The van der Waals surface area contributed by atoms with Crippen molar-refractivity contribution in [2.75, 3.05) is 47.5 Å². The van der Waals surface area contributed by atoms with Crippen LogP contribution in [0, 0.1) is 0 Å². The number of hydrogen-bond acceptors (Lipinski definition) is 7. The molecule has 0 amide bonds. The van der Waals surface area contributed by atoms with Gasteiger partial charge >= 0.3 is 17.9 Å². The summed E-state index contributed by atoms with van der Waals surface area (Å²) < 4.78 is 22.8. The van der Waals surface area contributed by atoms with Gasteiger partial charge in [0, 0.05) is 12.8 Å². The third kappa shape index (κ3) is 63.6. The Morgan fingerprint density at radius 1 is 0.361 bits per heavy atom. The van der Waals surface area contributed by atoms with Gasteiger partial charge in [-0.15, -0.1) is 0 Å². The summed E-state index contributed by atoms with van der Waals surface area (Å²) in [5, 5.41) is 9.71. The van der Waals surface area contributed by atoms with E-state index in [0.29, 0.717) is 23.9 Å². The van der Waals surface area contributed by atoms with Crippen molar-refractivity contribution in [1.82, 2.24) is 0 Å². The fraction of sp³-hybridized carbons (Fsp3) is 0.527. The van der Waals surface area contributed by atoms with Crippen LogP contribution in [0.3, 0.4) is 0 Å². The Balaban J connectivity index is 4.34. The molecule has 0 aromatic rings. The predicted molar refractivity (Wildman–Crippen MR) is 354 cm³/mol. The number of carbonyl (C=O) groups excluding carboxylic acids is 2. The number of carboxylic acids is 1. The Morgan fingerprint density at radius 2 is 0.651 bits per heavy atom. The van der Waals surface area contributed by atoms with Crippen LogP contribution in [0.5, 0.6) is 0 Å². The van der Waals surface area contributed by atoms with Gasteiger partial charge in [0.2, 0.25) is 0 Å². The number of nitrogens with zero attached hydrogens (tertiary/aromatic N) is 1. The minimum absolute atomic E-state index is 0.165. The lowest BCUT2D eigenvalue weighted by atomic mass is 10.1. The maximum absolute atomic E-state index is 12.9. The molecule has 0 bridgehead atoms. The van der Waals surface area contributed by atoms with E-state index in [1.165, 1.54) is 0 Å². The zero-order valence-electron chi connectivity index (χ0n) is 52.5. The maximum Gasteiger partial charge on any atom is 0.361 e. The molecule has 0 spiro atoms. The van der Waals surface area contributed by atoms with Crippen molar-refractivity contribution >= 4 is 17.9 Å². The monoisotopic (exact) mass is 1140 g/mol. The summed E-state index contributed by atoms with van der Waals surface area (Å²) in [7, 11) is 5.93. The van der Waals surface area contributed by atoms with Crippen molar-refractivity contribution in [3.63, 3.8) is 0 Å². The van der Waals surface area contributed by atoms with Gasteiger partial charge in [-0.1, -0.05) is 234 Å². The Bertz CT molecular complexity index is 2060. The summed E-state index contributed by atoms with van der Waals surface area (Å²) in [6.07, 6.45) is 93.8. The number of unbranched alkanes of at least 4 members (excludes halogenated alkanes) is 8. The molecule has 0 radical (unpaired) electrons. The minimum Gasteiger partial charge on any atom is -0.477 e. The van der Waals surface area contributed by atoms with Crippen LogP contribution >= 0.6 is 0 Å². The summed E-state index contributed by atoms with van der Waals surface area (Å²) in [4.78, 5) is 37.5. The zero-order chi connectivity index (χ0) is 60.5. The highest BCUT2D eigenvalue weighted by atomic mass is 16.7. The third-order valence-corrected chi connectivity index (χ3v) is 12.3. The quantitative estimate of drug-likeness (QED) is 0.0211. The molecule has 83 heavy (non-hydrogen) atoms. The molecule has 462 valence electrons. The number of hydrogen-bond donors (Lipinski definition) is 1. The minimum atomic E-state index is -1.54. The molecular weight excluding hydrogens is 1030 g/mol. The molecule has 0 heterocycles. The lowest BCUT2D eigenvalue weighted by Gasteiger charge is -2.25. The van der Waals surface area contributed by atoms with Crippen molar-refractivity contribution in [3.8, 4) is 0 Å². The van der Waals surface area contributed by atoms with Gasteiger partial charge in [0.1, 0.15) is 13.2 Å². The molecule has 0 rings (SSSR count). The van der Waals surface area contributed by atoms with E-state index in [2.05, 4.69) is 208 Å². The van der Waals surface area contributed by atoms with E-state index in [9.17, 15) is 19.5 Å². The van der Waals surface area contributed by atoms with Crippen LogP contribution in [0.4, 0.5) is 0 Å². The number of esters is 2. The predicted octanol–water partition coefficient (Wildman–Crippen LogP) is 19.5. The van der Waals surface area contributed by atoms with E-state index in [4.69, 9.17) is 18.9 Å². The van der Waals surface area contributed by atoms with Crippen molar-refractivity contribution in [1.29, 1.82) is 0 Å². The van der Waals surface area contributed by atoms with Crippen LogP contribution in [-0.2, 0) is 33.3 Å². The van der Waals surface area contributed by atoms with Crippen molar-refractivity contribution in [2.45, 2.75) is 206 Å². The van der Waals surface area contributed by atoms with Crippen LogP contribution in [0.25, 0.3) is 0 Å². The van der Waals surface area contributed by atoms with E-state index in [1.807, 2.05) is 21.1 Å². The number of quaternary nitrogens is 1. The second kappa shape index (κ2) is 62.2. The second-order valence-corrected chi connectivity index (χ2v) is 21.2. The topological polar surface area (TPSA) is 108 Å². The lowest BCUT2D eigenvalue weighted by Crippen LogP contribution is -2.40. The Kier molecular flexibility index (Phi) is 57.8. The molecule has 0 aliphatic carbocycles. The van der Waals surface area contributed by atoms with Crippen LogP contribution in [0.15, 0.2) is 194 Å².